The van der Waals surface area contributed by atoms with Gasteiger partial charge in [0.25, 0.3) is 5.91 Å². The number of amides is 3. The minimum Gasteiger partial charge on any atom is -0.481 e. The van der Waals surface area contributed by atoms with Crippen LogP contribution in [0.1, 0.15) is 30.3 Å². The first-order chi connectivity index (χ1) is 18.7. The summed E-state index contributed by atoms with van der Waals surface area (Å²) in [5.74, 6) is -3.29. The van der Waals surface area contributed by atoms with Crippen molar-refractivity contribution in [3.05, 3.63) is 42.1 Å². The lowest BCUT2D eigenvalue weighted by Gasteiger charge is -2.35. The summed E-state index contributed by atoms with van der Waals surface area (Å²) in [7, 11) is 0. The van der Waals surface area contributed by atoms with Gasteiger partial charge in [-0.15, -0.1) is 0 Å². The van der Waals surface area contributed by atoms with Gasteiger partial charge in [-0.3, -0.25) is 19.2 Å². The first-order valence-electron chi connectivity index (χ1n) is 12.3. The second-order valence-corrected chi connectivity index (χ2v) is 8.55. The van der Waals surface area contributed by atoms with Crippen molar-refractivity contribution in [1.82, 2.24) is 25.1 Å². The number of carboxylic acid groups (broad SMARTS) is 2. The molecule has 0 saturated carbocycles. The first kappa shape index (κ1) is 28.8. The Hall–Kier alpha value is -4.75. The number of ether oxygens (including phenoxy) is 1. The number of aromatic nitrogens is 2. The summed E-state index contributed by atoms with van der Waals surface area (Å²) in [6, 6.07) is 8.79. The van der Waals surface area contributed by atoms with Crippen molar-refractivity contribution >= 4 is 35.7 Å². The fourth-order valence-corrected chi connectivity index (χ4v) is 3.84. The molecule has 1 aliphatic heterocycles. The Morgan fingerprint density at radius 2 is 1.64 bits per heavy atom. The predicted molar refractivity (Wildman–Crippen MR) is 137 cm³/mol. The zero-order chi connectivity index (χ0) is 28.4. The number of anilines is 1. The van der Waals surface area contributed by atoms with Crippen LogP contribution < -0.4 is 10.6 Å². The SMILES string of the molecule is CCOC(=O)N1CCN(C(=O)[C@H](CCC(=O)O)NC(=O)c2cc(NCC(=O)O)nc(-c3ccccc3)n2)CC1. The molecular formula is C25H30N6O8. The van der Waals surface area contributed by atoms with Crippen LogP contribution in [0, 0.1) is 0 Å². The lowest BCUT2D eigenvalue weighted by molar-refractivity contribution is -0.138. The van der Waals surface area contributed by atoms with Crippen LogP contribution in [-0.2, 0) is 19.1 Å². The number of carbonyl (C=O) groups excluding carboxylic acids is 3. The largest absolute Gasteiger partial charge is 0.481 e. The van der Waals surface area contributed by atoms with Gasteiger partial charge < -0.3 is 35.4 Å². The molecule has 1 saturated heterocycles. The van der Waals surface area contributed by atoms with E-state index in [1.54, 1.807) is 37.3 Å². The van der Waals surface area contributed by atoms with Gasteiger partial charge in [0.1, 0.15) is 24.1 Å². The molecule has 0 radical (unpaired) electrons. The van der Waals surface area contributed by atoms with Crippen LogP contribution in [-0.4, -0.2) is 105 Å². The summed E-state index contributed by atoms with van der Waals surface area (Å²) in [4.78, 5) is 72.2. The van der Waals surface area contributed by atoms with Gasteiger partial charge in [0.05, 0.1) is 6.61 Å². The topological polar surface area (TPSA) is 191 Å². The molecule has 0 unspecified atom stereocenters. The number of aliphatic carboxylic acids is 2. The highest BCUT2D eigenvalue weighted by molar-refractivity contribution is 5.97. The van der Waals surface area contributed by atoms with E-state index in [9.17, 15) is 29.1 Å². The average Bonchev–Trinajstić information content (AvgIpc) is 2.94. The third-order valence-corrected chi connectivity index (χ3v) is 5.78. The van der Waals surface area contributed by atoms with Gasteiger partial charge in [0.2, 0.25) is 5.91 Å². The number of hydrogen-bond donors (Lipinski definition) is 4. The fourth-order valence-electron chi connectivity index (χ4n) is 3.84. The highest BCUT2D eigenvalue weighted by Gasteiger charge is 2.31. The molecule has 1 aromatic carbocycles. The lowest BCUT2D eigenvalue weighted by Crippen LogP contribution is -2.56. The number of hydrogen-bond acceptors (Lipinski definition) is 9. The molecule has 39 heavy (non-hydrogen) atoms. The minimum absolute atomic E-state index is 0.0832. The maximum Gasteiger partial charge on any atom is 0.409 e. The predicted octanol–water partition coefficient (Wildman–Crippen LogP) is 0.904. The van der Waals surface area contributed by atoms with E-state index in [0.717, 1.165) is 0 Å². The molecule has 2 aromatic rings. The van der Waals surface area contributed by atoms with Crippen molar-refractivity contribution in [2.24, 2.45) is 0 Å². The molecule has 1 aromatic heterocycles. The second-order valence-electron chi connectivity index (χ2n) is 8.55. The average molecular weight is 543 g/mol. The molecule has 3 amide bonds. The van der Waals surface area contributed by atoms with Gasteiger partial charge >= 0.3 is 18.0 Å². The van der Waals surface area contributed by atoms with Crippen molar-refractivity contribution in [2.75, 3.05) is 44.6 Å². The third kappa shape index (κ3) is 8.38. The third-order valence-electron chi connectivity index (χ3n) is 5.78. The fraction of sp³-hybridized carbons (Fsp3) is 0.400. The van der Waals surface area contributed by atoms with E-state index in [0.29, 0.717) is 5.56 Å². The van der Waals surface area contributed by atoms with Crippen LogP contribution in [0.25, 0.3) is 11.4 Å². The normalized spacial score (nSPS) is 13.8. The summed E-state index contributed by atoms with van der Waals surface area (Å²) in [5, 5.41) is 23.4. The van der Waals surface area contributed by atoms with Crippen LogP contribution in [0.5, 0.6) is 0 Å². The molecule has 0 bridgehead atoms. The lowest BCUT2D eigenvalue weighted by atomic mass is 10.1. The molecule has 1 atom stereocenters. The second kappa shape index (κ2) is 13.7. The van der Waals surface area contributed by atoms with Crippen molar-refractivity contribution in [1.29, 1.82) is 0 Å². The van der Waals surface area contributed by atoms with Crippen molar-refractivity contribution in [3.8, 4) is 11.4 Å². The maximum atomic E-state index is 13.3. The van der Waals surface area contributed by atoms with E-state index < -0.39 is 42.4 Å². The quantitative estimate of drug-likeness (QED) is 0.315. The van der Waals surface area contributed by atoms with E-state index in [2.05, 4.69) is 20.6 Å². The Balaban J connectivity index is 1.80. The number of rotatable bonds is 11. The van der Waals surface area contributed by atoms with E-state index in [1.807, 2.05) is 0 Å². The zero-order valence-electron chi connectivity index (χ0n) is 21.3. The number of piperazine rings is 1. The summed E-state index contributed by atoms with van der Waals surface area (Å²) in [6.45, 7) is 2.30. The monoisotopic (exact) mass is 542 g/mol. The Kier molecular flexibility index (Phi) is 10.1. The van der Waals surface area contributed by atoms with Crippen LogP contribution in [0.15, 0.2) is 36.4 Å². The van der Waals surface area contributed by atoms with E-state index in [-0.39, 0.29) is 63.0 Å². The highest BCUT2D eigenvalue weighted by Crippen LogP contribution is 2.18. The van der Waals surface area contributed by atoms with Gasteiger partial charge in [-0.2, -0.15) is 0 Å². The molecule has 1 aliphatic rings. The molecule has 14 nitrogen and oxygen atoms in total. The minimum atomic E-state index is -1.17. The van der Waals surface area contributed by atoms with Crippen LogP contribution in [0.4, 0.5) is 10.6 Å². The Labute approximate surface area is 224 Å². The van der Waals surface area contributed by atoms with E-state index >= 15 is 0 Å². The Bertz CT molecular complexity index is 1200. The number of nitrogens with one attached hydrogen (secondary N) is 2. The number of nitrogens with zero attached hydrogens (tertiary/aromatic N) is 4. The number of benzene rings is 1. The zero-order valence-corrected chi connectivity index (χ0v) is 21.3. The Morgan fingerprint density at radius 1 is 0.974 bits per heavy atom. The highest BCUT2D eigenvalue weighted by atomic mass is 16.6. The molecule has 14 heteroatoms. The molecule has 1 fully saturated rings. The smallest absolute Gasteiger partial charge is 0.409 e. The summed E-state index contributed by atoms with van der Waals surface area (Å²) >= 11 is 0. The molecular weight excluding hydrogens is 512 g/mol. The molecule has 0 aliphatic carbocycles. The van der Waals surface area contributed by atoms with Gasteiger partial charge in [-0.1, -0.05) is 30.3 Å². The van der Waals surface area contributed by atoms with Crippen LogP contribution >= 0.6 is 0 Å². The van der Waals surface area contributed by atoms with Gasteiger partial charge in [-0.25, -0.2) is 14.8 Å². The van der Waals surface area contributed by atoms with Gasteiger partial charge in [0.15, 0.2) is 5.82 Å². The Morgan fingerprint density at radius 3 is 2.26 bits per heavy atom. The van der Waals surface area contributed by atoms with Crippen molar-refractivity contribution < 1.29 is 38.9 Å². The van der Waals surface area contributed by atoms with Gasteiger partial charge in [0, 0.05) is 44.2 Å². The molecule has 208 valence electrons. The van der Waals surface area contributed by atoms with Crippen LogP contribution in [0.3, 0.4) is 0 Å². The van der Waals surface area contributed by atoms with E-state index in [4.69, 9.17) is 9.84 Å². The molecule has 0 spiro atoms. The maximum absolute atomic E-state index is 13.3. The summed E-state index contributed by atoms with van der Waals surface area (Å²) in [5.41, 5.74) is 0.431. The molecule has 4 N–H and O–H groups in total. The summed E-state index contributed by atoms with van der Waals surface area (Å²) in [6.07, 6.45) is -1.02. The van der Waals surface area contributed by atoms with Crippen molar-refractivity contribution in [3.63, 3.8) is 0 Å². The van der Waals surface area contributed by atoms with E-state index in [1.165, 1.54) is 15.9 Å². The number of carboxylic acids is 2. The first-order valence-corrected chi connectivity index (χ1v) is 12.3. The van der Waals surface area contributed by atoms with Crippen molar-refractivity contribution in [2.45, 2.75) is 25.8 Å². The standard InChI is InChI=1S/C25H30N6O8/c1-2-39-25(38)31-12-10-30(11-13-31)24(37)17(8-9-20(32)33)28-23(36)18-14-19(26-15-21(34)35)29-22(27-18)16-6-4-3-5-7-16/h3-7,14,17H,2,8-13,15H2,1H3,(H,28,36)(H,32,33)(H,34,35)(H,26,27,29)/t17-/m0/s1. The molecule has 3 rings (SSSR count). The van der Waals surface area contributed by atoms with Gasteiger partial charge in [-0.05, 0) is 13.3 Å². The van der Waals surface area contributed by atoms with Crippen LogP contribution in [0.2, 0.25) is 0 Å². The summed E-state index contributed by atoms with van der Waals surface area (Å²) < 4.78 is 4.98. The number of carbonyl (C=O) groups is 5. The molecule has 2 heterocycles.